The number of pyridine rings is 2. The van der Waals surface area contributed by atoms with Gasteiger partial charge >= 0.3 is 0 Å². The van der Waals surface area contributed by atoms with Gasteiger partial charge in [0.05, 0.1) is 11.2 Å². The van der Waals surface area contributed by atoms with Crippen LogP contribution in [0.5, 0.6) is 5.75 Å². The van der Waals surface area contributed by atoms with E-state index in [9.17, 15) is 5.11 Å². The first-order valence-electron chi connectivity index (χ1n) is 7.77. The van der Waals surface area contributed by atoms with Crippen molar-refractivity contribution in [3.8, 4) is 17.0 Å². The fourth-order valence-electron chi connectivity index (χ4n) is 2.70. The Morgan fingerprint density at radius 3 is 2.36 bits per heavy atom. The Morgan fingerprint density at radius 1 is 0.880 bits per heavy atom. The standard InChI is InChI=1S/C20H14FN3O/c21-18-19(13-5-7-15(25)8-6-13)24-17-4-2-1-3-16(17)20(18)23-14-9-11-22-12-10-14/h1-12,25H,(H,22,23,24). The molecule has 4 nitrogen and oxygen atoms in total. The van der Waals surface area contributed by atoms with E-state index in [1.165, 1.54) is 12.1 Å². The molecule has 0 spiro atoms. The minimum Gasteiger partial charge on any atom is -0.508 e. The Hall–Kier alpha value is -3.47. The molecule has 5 heteroatoms. The van der Waals surface area contributed by atoms with Gasteiger partial charge in [-0.05, 0) is 42.5 Å². The van der Waals surface area contributed by atoms with Crippen LogP contribution in [0.1, 0.15) is 0 Å². The van der Waals surface area contributed by atoms with E-state index in [0.717, 1.165) is 5.69 Å². The van der Waals surface area contributed by atoms with Crippen molar-refractivity contribution in [1.82, 2.24) is 9.97 Å². The second kappa shape index (κ2) is 6.20. The number of halogens is 1. The molecular formula is C20H14FN3O. The molecule has 2 aromatic carbocycles. The number of phenolic OH excluding ortho intramolecular Hbond substituents is 1. The SMILES string of the molecule is Oc1ccc(-c2nc3ccccc3c(Nc3ccncc3)c2F)cc1. The summed E-state index contributed by atoms with van der Waals surface area (Å²) in [4.78, 5) is 8.44. The molecule has 2 N–H and O–H groups in total. The zero-order valence-electron chi connectivity index (χ0n) is 13.1. The summed E-state index contributed by atoms with van der Waals surface area (Å²) in [6.45, 7) is 0. The zero-order chi connectivity index (χ0) is 17.2. The predicted octanol–water partition coefficient (Wildman–Crippen LogP) is 4.89. The quantitative estimate of drug-likeness (QED) is 0.561. The van der Waals surface area contributed by atoms with E-state index in [4.69, 9.17) is 0 Å². The molecule has 4 aromatic rings. The lowest BCUT2D eigenvalue weighted by Crippen LogP contribution is -2.00. The van der Waals surface area contributed by atoms with Crippen molar-refractivity contribution < 1.29 is 9.50 Å². The van der Waals surface area contributed by atoms with Gasteiger partial charge in [0, 0.05) is 29.0 Å². The Labute approximate surface area is 143 Å². The van der Waals surface area contributed by atoms with E-state index < -0.39 is 5.82 Å². The number of nitrogens with zero attached hydrogens (tertiary/aromatic N) is 2. The highest BCUT2D eigenvalue weighted by molar-refractivity contribution is 5.95. The van der Waals surface area contributed by atoms with Crippen molar-refractivity contribution in [2.24, 2.45) is 0 Å². The minimum atomic E-state index is -0.443. The Balaban J connectivity index is 1.93. The zero-order valence-corrected chi connectivity index (χ0v) is 13.1. The summed E-state index contributed by atoms with van der Waals surface area (Å²) in [5.41, 5.74) is 2.61. The molecule has 25 heavy (non-hydrogen) atoms. The van der Waals surface area contributed by atoms with Crippen LogP contribution in [0, 0.1) is 5.82 Å². The highest BCUT2D eigenvalue weighted by atomic mass is 19.1. The van der Waals surface area contributed by atoms with Crippen molar-refractivity contribution in [3.63, 3.8) is 0 Å². The monoisotopic (exact) mass is 331 g/mol. The molecule has 0 unspecified atom stereocenters. The maximum absolute atomic E-state index is 15.3. The molecule has 0 atom stereocenters. The number of benzene rings is 2. The van der Waals surface area contributed by atoms with Crippen LogP contribution in [-0.4, -0.2) is 15.1 Å². The first-order valence-corrected chi connectivity index (χ1v) is 7.77. The van der Waals surface area contributed by atoms with Gasteiger partial charge in [0.15, 0.2) is 5.82 Å². The number of anilines is 2. The maximum Gasteiger partial charge on any atom is 0.173 e. The summed E-state index contributed by atoms with van der Waals surface area (Å²) in [6.07, 6.45) is 3.29. The van der Waals surface area contributed by atoms with Crippen LogP contribution in [0.2, 0.25) is 0 Å². The van der Waals surface area contributed by atoms with Crippen molar-refractivity contribution >= 4 is 22.3 Å². The predicted molar refractivity (Wildman–Crippen MR) is 96.3 cm³/mol. The number of aromatic hydroxyl groups is 1. The summed E-state index contributed by atoms with van der Waals surface area (Å²) in [7, 11) is 0. The van der Waals surface area contributed by atoms with E-state index in [-0.39, 0.29) is 11.4 Å². The molecule has 2 heterocycles. The summed E-state index contributed by atoms with van der Waals surface area (Å²) in [5.74, 6) is -0.318. The lowest BCUT2D eigenvalue weighted by molar-refractivity contribution is 0.475. The van der Waals surface area contributed by atoms with E-state index in [2.05, 4.69) is 15.3 Å². The molecule has 2 aromatic heterocycles. The second-order valence-corrected chi connectivity index (χ2v) is 5.57. The molecule has 0 saturated carbocycles. The molecular weight excluding hydrogens is 317 g/mol. The largest absolute Gasteiger partial charge is 0.508 e. The third-order valence-electron chi connectivity index (χ3n) is 3.92. The lowest BCUT2D eigenvalue weighted by atomic mass is 10.1. The summed E-state index contributed by atoms with van der Waals surface area (Å²) in [6, 6.07) is 17.3. The van der Waals surface area contributed by atoms with Gasteiger partial charge in [0.2, 0.25) is 0 Å². The van der Waals surface area contributed by atoms with Crippen LogP contribution in [0.15, 0.2) is 73.1 Å². The molecule has 0 fully saturated rings. The minimum absolute atomic E-state index is 0.125. The Morgan fingerprint density at radius 2 is 1.60 bits per heavy atom. The maximum atomic E-state index is 15.3. The third kappa shape index (κ3) is 2.87. The third-order valence-corrected chi connectivity index (χ3v) is 3.92. The molecule has 0 radical (unpaired) electrons. The number of fused-ring (bicyclic) bond motifs is 1. The number of nitrogens with one attached hydrogen (secondary N) is 1. The highest BCUT2D eigenvalue weighted by Gasteiger charge is 2.16. The number of aromatic nitrogens is 2. The normalized spacial score (nSPS) is 10.8. The molecule has 0 bridgehead atoms. The lowest BCUT2D eigenvalue weighted by Gasteiger charge is -2.14. The topological polar surface area (TPSA) is 58.0 Å². The number of para-hydroxylation sites is 1. The number of hydrogen-bond acceptors (Lipinski definition) is 4. The van der Waals surface area contributed by atoms with Crippen LogP contribution in [0.3, 0.4) is 0 Å². The van der Waals surface area contributed by atoms with Gasteiger partial charge < -0.3 is 10.4 Å². The molecule has 0 aliphatic carbocycles. The average molecular weight is 331 g/mol. The Kier molecular flexibility index (Phi) is 3.74. The first-order chi connectivity index (χ1) is 12.2. The van der Waals surface area contributed by atoms with Crippen molar-refractivity contribution in [2.45, 2.75) is 0 Å². The van der Waals surface area contributed by atoms with E-state index >= 15 is 4.39 Å². The van der Waals surface area contributed by atoms with Crippen LogP contribution < -0.4 is 5.32 Å². The van der Waals surface area contributed by atoms with E-state index in [0.29, 0.717) is 22.2 Å². The number of phenols is 1. The first kappa shape index (κ1) is 15.1. The molecule has 0 amide bonds. The second-order valence-electron chi connectivity index (χ2n) is 5.57. The molecule has 0 aliphatic heterocycles. The fraction of sp³-hybridized carbons (Fsp3) is 0. The van der Waals surface area contributed by atoms with E-state index in [1.807, 2.05) is 24.3 Å². The number of hydrogen-bond donors (Lipinski definition) is 2. The van der Waals surface area contributed by atoms with Gasteiger partial charge in [-0.25, -0.2) is 9.37 Å². The molecule has 122 valence electrons. The molecule has 0 saturated heterocycles. The van der Waals surface area contributed by atoms with Crippen LogP contribution in [0.4, 0.5) is 15.8 Å². The van der Waals surface area contributed by atoms with Crippen molar-refractivity contribution in [2.75, 3.05) is 5.32 Å². The summed E-state index contributed by atoms with van der Waals surface area (Å²) in [5, 5.41) is 13.3. The van der Waals surface area contributed by atoms with Gasteiger partial charge in [0.1, 0.15) is 11.4 Å². The highest BCUT2D eigenvalue weighted by Crippen LogP contribution is 2.34. The van der Waals surface area contributed by atoms with Crippen molar-refractivity contribution in [1.29, 1.82) is 0 Å². The van der Waals surface area contributed by atoms with Crippen LogP contribution in [0.25, 0.3) is 22.2 Å². The van der Waals surface area contributed by atoms with Gasteiger partial charge in [-0.3, -0.25) is 4.98 Å². The smallest absolute Gasteiger partial charge is 0.173 e. The molecule has 0 aliphatic rings. The van der Waals surface area contributed by atoms with Crippen LogP contribution in [-0.2, 0) is 0 Å². The van der Waals surface area contributed by atoms with E-state index in [1.54, 1.807) is 36.7 Å². The van der Waals surface area contributed by atoms with Gasteiger partial charge in [-0.1, -0.05) is 18.2 Å². The van der Waals surface area contributed by atoms with Crippen molar-refractivity contribution in [3.05, 3.63) is 78.9 Å². The summed E-state index contributed by atoms with van der Waals surface area (Å²) >= 11 is 0. The number of rotatable bonds is 3. The van der Waals surface area contributed by atoms with Gasteiger partial charge in [-0.15, -0.1) is 0 Å². The average Bonchev–Trinajstić information content (AvgIpc) is 2.65. The molecule has 4 rings (SSSR count). The van der Waals surface area contributed by atoms with Crippen LogP contribution >= 0.6 is 0 Å². The Bertz CT molecular complexity index is 1030. The van der Waals surface area contributed by atoms with Gasteiger partial charge in [-0.2, -0.15) is 0 Å². The fourth-order valence-corrected chi connectivity index (χ4v) is 2.70. The van der Waals surface area contributed by atoms with Gasteiger partial charge in [0.25, 0.3) is 0 Å². The summed E-state index contributed by atoms with van der Waals surface area (Å²) < 4.78 is 15.3.